The van der Waals surface area contributed by atoms with Crippen LogP contribution in [0, 0.1) is 0 Å². The van der Waals surface area contributed by atoms with Crippen molar-refractivity contribution in [3.05, 3.63) is 59.2 Å². The molecule has 0 saturated heterocycles. The van der Waals surface area contributed by atoms with E-state index in [2.05, 4.69) is 59.7 Å². The maximum atomic E-state index is 5.70. The Labute approximate surface area is 143 Å². The zero-order valence-corrected chi connectivity index (χ0v) is 14.1. The third-order valence-electron chi connectivity index (χ3n) is 5.05. The van der Waals surface area contributed by atoms with E-state index in [1.807, 2.05) is 0 Å². The van der Waals surface area contributed by atoms with Gasteiger partial charge in [-0.05, 0) is 43.6 Å². The van der Waals surface area contributed by atoms with Crippen molar-refractivity contribution in [3.8, 4) is 11.5 Å². The van der Waals surface area contributed by atoms with E-state index in [4.69, 9.17) is 9.47 Å². The van der Waals surface area contributed by atoms with Crippen molar-refractivity contribution in [1.82, 2.24) is 10.2 Å². The van der Waals surface area contributed by atoms with Crippen molar-refractivity contribution >= 4 is 0 Å². The molecule has 4 heteroatoms. The van der Waals surface area contributed by atoms with E-state index in [0.29, 0.717) is 12.8 Å². The van der Waals surface area contributed by atoms with Crippen molar-refractivity contribution in [1.29, 1.82) is 0 Å². The molecule has 24 heavy (non-hydrogen) atoms. The second-order valence-corrected chi connectivity index (χ2v) is 6.55. The summed E-state index contributed by atoms with van der Waals surface area (Å²) in [4.78, 5) is 2.43. The largest absolute Gasteiger partial charge is 0.454 e. The second kappa shape index (κ2) is 6.83. The van der Waals surface area contributed by atoms with Crippen LogP contribution in [0.25, 0.3) is 0 Å². The first kappa shape index (κ1) is 15.5. The molecular formula is C20H24N2O2. The van der Waals surface area contributed by atoms with E-state index in [1.165, 1.54) is 16.7 Å². The van der Waals surface area contributed by atoms with Gasteiger partial charge in [-0.25, -0.2) is 0 Å². The minimum absolute atomic E-state index is 0.349. The molecule has 0 saturated carbocycles. The van der Waals surface area contributed by atoms with E-state index in [-0.39, 0.29) is 0 Å². The van der Waals surface area contributed by atoms with Crippen molar-refractivity contribution in [2.45, 2.75) is 18.9 Å². The first-order valence-corrected chi connectivity index (χ1v) is 8.69. The molecule has 4 rings (SSSR count). The number of hydrogen-bond donors (Lipinski definition) is 1. The minimum atomic E-state index is 0.349. The van der Waals surface area contributed by atoms with Gasteiger partial charge in [-0.2, -0.15) is 0 Å². The number of ether oxygens (including phenoxy) is 2. The molecule has 2 aromatic rings. The van der Waals surface area contributed by atoms with Crippen molar-refractivity contribution in [2.75, 3.05) is 33.5 Å². The minimum Gasteiger partial charge on any atom is -0.454 e. The lowest BCUT2D eigenvalue weighted by Gasteiger charge is -2.35. The van der Waals surface area contributed by atoms with Gasteiger partial charge in [0.15, 0.2) is 11.5 Å². The lowest BCUT2D eigenvalue weighted by atomic mass is 9.91. The number of likely N-dealkylation sites (N-methyl/N-ethyl adjacent to an activating group) is 1. The Kier molecular flexibility index (Phi) is 4.41. The second-order valence-electron chi connectivity index (χ2n) is 6.55. The Morgan fingerprint density at radius 3 is 2.88 bits per heavy atom. The highest BCUT2D eigenvalue weighted by Crippen LogP contribution is 2.42. The molecule has 0 radical (unpaired) electrons. The van der Waals surface area contributed by atoms with Crippen molar-refractivity contribution < 1.29 is 9.47 Å². The van der Waals surface area contributed by atoms with Gasteiger partial charge in [-0.1, -0.05) is 36.4 Å². The van der Waals surface area contributed by atoms with E-state index < -0.39 is 0 Å². The third-order valence-corrected chi connectivity index (χ3v) is 5.05. The number of fused-ring (bicyclic) bond motifs is 3. The molecule has 2 aliphatic heterocycles. The molecule has 2 aliphatic rings. The van der Waals surface area contributed by atoms with Crippen LogP contribution in [0.5, 0.6) is 11.5 Å². The lowest BCUT2D eigenvalue weighted by molar-refractivity contribution is 0.171. The molecule has 0 spiro atoms. The summed E-state index contributed by atoms with van der Waals surface area (Å²) in [6.07, 6.45) is 2.09. The summed E-state index contributed by atoms with van der Waals surface area (Å²) < 4.78 is 11.2. The molecule has 0 aliphatic carbocycles. The van der Waals surface area contributed by atoms with Gasteiger partial charge in [0.1, 0.15) is 0 Å². The topological polar surface area (TPSA) is 33.7 Å². The SMILES string of the molecule is CN1CCc2c(ccc3c2OCO3)[C@@H]1CNCCc1ccccc1. The normalized spacial score (nSPS) is 19.3. The molecular weight excluding hydrogens is 300 g/mol. The van der Waals surface area contributed by atoms with Crippen LogP contribution >= 0.6 is 0 Å². The molecule has 126 valence electrons. The Morgan fingerprint density at radius 2 is 2.00 bits per heavy atom. The molecule has 2 aromatic carbocycles. The Morgan fingerprint density at radius 1 is 1.12 bits per heavy atom. The van der Waals surface area contributed by atoms with Gasteiger partial charge in [0, 0.05) is 24.7 Å². The average Bonchev–Trinajstić information content (AvgIpc) is 3.10. The van der Waals surface area contributed by atoms with Gasteiger partial charge >= 0.3 is 0 Å². The summed E-state index contributed by atoms with van der Waals surface area (Å²) >= 11 is 0. The fourth-order valence-electron chi connectivity index (χ4n) is 3.68. The number of hydrogen-bond acceptors (Lipinski definition) is 4. The van der Waals surface area contributed by atoms with Gasteiger partial charge in [0.05, 0.1) is 0 Å². The number of rotatable bonds is 5. The van der Waals surface area contributed by atoms with Crippen LogP contribution in [0.4, 0.5) is 0 Å². The maximum Gasteiger partial charge on any atom is 0.231 e. The Hall–Kier alpha value is -2.04. The zero-order chi connectivity index (χ0) is 16.4. The first-order valence-electron chi connectivity index (χ1n) is 8.69. The van der Waals surface area contributed by atoms with Gasteiger partial charge in [-0.3, -0.25) is 4.90 Å². The fraction of sp³-hybridized carbons (Fsp3) is 0.400. The van der Waals surface area contributed by atoms with Gasteiger partial charge < -0.3 is 14.8 Å². The summed E-state index contributed by atoms with van der Waals surface area (Å²) in [6, 6.07) is 15.3. The standard InChI is InChI=1S/C20H24N2O2/c1-22-12-10-17-16(7-8-19-20(17)24-14-23-19)18(22)13-21-11-9-15-5-3-2-4-6-15/h2-8,18,21H,9-14H2,1H3/t18-/m0/s1. The summed E-state index contributed by atoms with van der Waals surface area (Å²) in [5, 5.41) is 3.63. The lowest BCUT2D eigenvalue weighted by Crippen LogP contribution is -2.38. The molecule has 0 fully saturated rings. The molecule has 0 unspecified atom stereocenters. The zero-order valence-electron chi connectivity index (χ0n) is 14.1. The quantitative estimate of drug-likeness (QED) is 0.858. The predicted molar refractivity (Wildman–Crippen MR) is 94.7 cm³/mol. The highest BCUT2D eigenvalue weighted by molar-refractivity contribution is 5.54. The van der Waals surface area contributed by atoms with E-state index in [0.717, 1.165) is 44.0 Å². The summed E-state index contributed by atoms with van der Waals surface area (Å²) in [5.74, 6) is 1.86. The Balaban J connectivity index is 1.42. The molecule has 0 amide bonds. The number of benzene rings is 2. The molecule has 1 N–H and O–H groups in total. The summed E-state index contributed by atoms with van der Waals surface area (Å²) in [5.41, 5.74) is 4.09. The third kappa shape index (κ3) is 2.99. The van der Waals surface area contributed by atoms with Gasteiger partial charge in [0.2, 0.25) is 6.79 Å². The smallest absolute Gasteiger partial charge is 0.231 e. The first-order chi connectivity index (χ1) is 11.8. The average molecular weight is 324 g/mol. The molecule has 0 bridgehead atoms. The molecule has 2 heterocycles. The summed E-state index contributed by atoms with van der Waals surface area (Å²) in [6.45, 7) is 3.35. The van der Waals surface area contributed by atoms with Gasteiger partial charge in [0.25, 0.3) is 0 Å². The maximum absolute atomic E-state index is 5.70. The van der Waals surface area contributed by atoms with Crippen LogP contribution in [0.3, 0.4) is 0 Å². The number of nitrogens with one attached hydrogen (secondary N) is 1. The molecule has 0 aromatic heterocycles. The van der Waals surface area contributed by atoms with Crippen LogP contribution in [0.1, 0.15) is 22.7 Å². The fourth-order valence-corrected chi connectivity index (χ4v) is 3.68. The van der Waals surface area contributed by atoms with Crippen LogP contribution in [-0.4, -0.2) is 38.4 Å². The molecule has 4 nitrogen and oxygen atoms in total. The van der Waals surface area contributed by atoms with Crippen LogP contribution < -0.4 is 14.8 Å². The van der Waals surface area contributed by atoms with Crippen LogP contribution in [0.2, 0.25) is 0 Å². The highest BCUT2D eigenvalue weighted by atomic mass is 16.7. The predicted octanol–water partition coefficient (Wildman–Crippen LogP) is 2.78. The van der Waals surface area contributed by atoms with Gasteiger partial charge in [-0.15, -0.1) is 0 Å². The molecule has 1 atom stereocenters. The van der Waals surface area contributed by atoms with Crippen molar-refractivity contribution in [3.63, 3.8) is 0 Å². The summed E-state index contributed by atoms with van der Waals surface area (Å²) in [7, 11) is 2.21. The van der Waals surface area contributed by atoms with Crippen LogP contribution in [-0.2, 0) is 12.8 Å². The van der Waals surface area contributed by atoms with E-state index in [1.54, 1.807) is 0 Å². The van der Waals surface area contributed by atoms with Crippen molar-refractivity contribution in [2.24, 2.45) is 0 Å². The number of nitrogens with zero attached hydrogens (tertiary/aromatic N) is 1. The Bertz CT molecular complexity index is 702. The van der Waals surface area contributed by atoms with E-state index in [9.17, 15) is 0 Å². The monoisotopic (exact) mass is 324 g/mol. The van der Waals surface area contributed by atoms with Crippen LogP contribution in [0.15, 0.2) is 42.5 Å². The highest BCUT2D eigenvalue weighted by Gasteiger charge is 2.30. The van der Waals surface area contributed by atoms with E-state index >= 15 is 0 Å².